The second-order valence-corrected chi connectivity index (χ2v) is 13.0. The Kier molecular flexibility index (Phi) is 7.77. The van der Waals surface area contributed by atoms with E-state index in [1.807, 2.05) is 0 Å². The maximum Gasteiger partial charge on any atom is 0.0532 e. The minimum Gasteiger partial charge on any atom is -0.310 e. The number of nitrogens with zero attached hydrogens (tertiary/aromatic N) is 2. The van der Waals surface area contributed by atoms with Crippen LogP contribution >= 0.6 is 0 Å². The van der Waals surface area contributed by atoms with Crippen LogP contribution in [0.1, 0.15) is 70.2 Å². The minimum atomic E-state index is 1.12. The molecule has 2 aliphatic carbocycles. The molecule has 0 saturated heterocycles. The van der Waals surface area contributed by atoms with Crippen LogP contribution in [0.3, 0.4) is 0 Å². The van der Waals surface area contributed by atoms with E-state index in [1.54, 1.807) is 22.3 Å². The lowest BCUT2D eigenvalue weighted by Gasteiger charge is -2.40. The molecule has 2 heteroatoms. The maximum atomic E-state index is 2.60. The van der Waals surface area contributed by atoms with Crippen LogP contribution in [0.4, 0.5) is 34.1 Å². The first-order valence-electron chi connectivity index (χ1n) is 16.5. The van der Waals surface area contributed by atoms with Crippen molar-refractivity contribution < 1.29 is 0 Å². The summed E-state index contributed by atoms with van der Waals surface area (Å²) in [5.41, 5.74) is 19.3. The summed E-state index contributed by atoms with van der Waals surface area (Å²) in [5.74, 6) is 0. The molecule has 5 aromatic carbocycles. The van der Waals surface area contributed by atoms with Crippen molar-refractivity contribution in [3.63, 3.8) is 0 Å². The van der Waals surface area contributed by atoms with Crippen molar-refractivity contribution in [1.29, 1.82) is 0 Å². The summed E-state index contributed by atoms with van der Waals surface area (Å²) in [4.78, 5) is 5.19. The fraction of sp³-hybridized carbons (Fsp3) is 0.286. The van der Waals surface area contributed by atoms with Crippen molar-refractivity contribution in [1.82, 2.24) is 0 Å². The molecule has 0 spiro atoms. The predicted molar refractivity (Wildman–Crippen MR) is 188 cm³/mol. The molecule has 0 radical (unpaired) electrons. The fourth-order valence-corrected chi connectivity index (χ4v) is 7.35. The molecule has 0 unspecified atom stereocenters. The van der Waals surface area contributed by atoms with Gasteiger partial charge in [0.25, 0.3) is 0 Å². The highest BCUT2D eigenvalue weighted by atomic mass is 15.2. The molecule has 44 heavy (non-hydrogen) atoms. The molecule has 0 amide bonds. The monoisotopic (exact) mass is 576 g/mol. The summed E-state index contributed by atoms with van der Waals surface area (Å²) in [6.45, 7) is 8.74. The van der Waals surface area contributed by atoms with Crippen LogP contribution in [0, 0.1) is 27.7 Å². The zero-order chi connectivity index (χ0) is 30.2. The van der Waals surface area contributed by atoms with Crippen molar-refractivity contribution in [3.05, 3.63) is 142 Å². The number of anilines is 6. The van der Waals surface area contributed by atoms with Crippen LogP contribution in [0.2, 0.25) is 0 Å². The molecular weight excluding hydrogens is 532 g/mol. The van der Waals surface area contributed by atoms with Gasteiger partial charge in [-0.15, -0.1) is 0 Å². The van der Waals surface area contributed by atoms with Gasteiger partial charge in [0.15, 0.2) is 0 Å². The third-order valence-electron chi connectivity index (χ3n) is 9.69. The number of hydrogen-bond donors (Lipinski definition) is 0. The highest BCUT2D eigenvalue weighted by molar-refractivity contribution is 5.90. The normalized spacial score (nSPS) is 14.1. The lowest BCUT2D eigenvalue weighted by molar-refractivity contribution is 0.659. The van der Waals surface area contributed by atoms with Gasteiger partial charge in [-0.1, -0.05) is 70.8 Å². The molecule has 0 atom stereocenters. The van der Waals surface area contributed by atoms with Crippen LogP contribution < -0.4 is 9.80 Å². The van der Waals surface area contributed by atoms with Crippen LogP contribution in [-0.4, -0.2) is 0 Å². The second-order valence-electron chi connectivity index (χ2n) is 13.0. The maximum absolute atomic E-state index is 2.60. The fourth-order valence-electron chi connectivity index (χ4n) is 7.35. The first kappa shape index (κ1) is 28.5. The highest BCUT2D eigenvalue weighted by Gasteiger charge is 2.33. The Morgan fingerprint density at radius 1 is 0.318 bits per heavy atom. The van der Waals surface area contributed by atoms with Crippen LogP contribution in [-0.2, 0) is 25.7 Å². The number of rotatable bonds is 6. The third kappa shape index (κ3) is 5.32. The first-order chi connectivity index (χ1) is 21.5. The zero-order valence-corrected chi connectivity index (χ0v) is 26.8. The topological polar surface area (TPSA) is 6.48 Å². The van der Waals surface area contributed by atoms with Gasteiger partial charge in [0.1, 0.15) is 0 Å². The van der Waals surface area contributed by atoms with Crippen molar-refractivity contribution in [2.75, 3.05) is 9.80 Å². The van der Waals surface area contributed by atoms with Crippen LogP contribution in [0.5, 0.6) is 0 Å². The molecule has 0 saturated carbocycles. The van der Waals surface area contributed by atoms with E-state index >= 15 is 0 Å². The molecule has 0 aromatic heterocycles. The summed E-state index contributed by atoms with van der Waals surface area (Å²) in [6, 6.07) is 36.7. The Morgan fingerprint density at radius 2 is 0.523 bits per heavy atom. The molecule has 0 N–H and O–H groups in total. The van der Waals surface area contributed by atoms with E-state index in [0.717, 1.165) is 25.7 Å². The molecule has 7 rings (SSSR count). The lowest BCUT2D eigenvalue weighted by Crippen LogP contribution is -2.25. The molecule has 0 fully saturated rings. The zero-order valence-electron chi connectivity index (χ0n) is 26.8. The van der Waals surface area contributed by atoms with E-state index < -0.39 is 0 Å². The molecule has 2 nitrogen and oxygen atoms in total. The summed E-state index contributed by atoms with van der Waals surface area (Å²) in [5, 5.41) is 0. The molecule has 0 bridgehead atoms. The van der Waals surface area contributed by atoms with E-state index in [4.69, 9.17) is 0 Å². The Balaban J connectivity index is 1.54. The SMILES string of the molecule is Cc1ccc(N(c2ccc(C)cc2)c2c3c(c(N(c4ccc(C)cc4)c4ccc(C)cc4)c4c2CCCC4)CCCC3)cc1. The van der Waals surface area contributed by atoms with Gasteiger partial charge in [0.2, 0.25) is 0 Å². The van der Waals surface area contributed by atoms with E-state index in [1.165, 1.54) is 82.1 Å². The number of aryl methyl sites for hydroxylation is 4. The highest BCUT2D eigenvalue weighted by Crippen LogP contribution is 2.52. The van der Waals surface area contributed by atoms with Crippen molar-refractivity contribution >= 4 is 34.1 Å². The largest absolute Gasteiger partial charge is 0.310 e. The van der Waals surface area contributed by atoms with E-state index in [0.29, 0.717) is 0 Å². The smallest absolute Gasteiger partial charge is 0.0532 e. The van der Waals surface area contributed by atoms with Crippen LogP contribution in [0.25, 0.3) is 0 Å². The van der Waals surface area contributed by atoms with E-state index in [-0.39, 0.29) is 0 Å². The van der Waals surface area contributed by atoms with Gasteiger partial charge in [-0.3, -0.25) is 0 Å². The first-order valence-corrected chi connectivity index (χ1v) is 16.5. The molecule has 0 aliphatic heterocycles. The van der Waals surface area contributed by atoms with Gasteiger partial charge in [0, 0.05) is 22.7 Å². The van der Waals surface area contributed by atoms with Gasteiger partial charge in [-0.05, 0) is 150 Å². The van der Waals surface area contributed by atoms with Crippen molar-refractivity contribution in [3.8, 4) is 0 Å². The summed E-state index contributed by atoms with van der Waals surface area (Å²) < 4.78 is 0. The van der Waals surface area contributed by atoms with E-state index in [9.17, 15) is 0 Å². The Bertz CT molecular complexity index is 1500. The minimum absolute atomic E-state index is 1.12. The standard InChI is InChI=1S/C42H44N2/c1-29-13-21-33(22-14-29)43(34-23-15-30(2)16-24-34)41-37-9-5-7-11-39(37)42(40-12-8-6-10-38(40)41)44(35-25-17-31(3)18-26-35)36-27-19-32(4)20-28-36/h13-28H,5-12H2,1-4H3. The average Bonchev–Trinajstić information content (AvgIpc) is 3.05. The van der Waals surface area contributed by atoms with Gasteiger partial charge in [0.05, 0.1) is 11.4 Å². The average molecular weight is 577 g/mol. The number of fused-ring (bicyclic) bond motifs is 2. The molecule has 5 aromatic rings. The molecule has 0 heterocycles. The quantitative estimate of drug-likeness (QED) is 0.186. The second kappa shape index (κ2) is 12.0. The van der Waals surface area contributed by atoms with Gasteiger partial charge in [-0.2, -0.15) is 0 Å². The van der Waals surface area contributed by atoms with Crippen molar-refractivity contribution in [2.45, 2.75) is 79.1 Å². The molecule has 222 valence electrons. The summed E-state index contributed by atoms with van der Waals surface area (Å²) in [7, 11) is 0. The Hall–Kier alpha value is -4.30. The van der Waals surface area contributed by atoms with Gasteiger partial charge >= 0.3 is 0 Å². The lowest BCUT2D eigenvalue weighted by atomic mass is 9.78. The number of hydrogen-bond acceptors (Lipinski definition) is 2. The Labute approximate surface area is 264 Å². The predicted octanol–water partition coefficient (Wildman–Crippen LogP) is 11.6. The van der Waals surface area contributed by atoms with Crippen LogP contribution in [0.15, 0.2) is 97.1 Å². The summed E-state index contributed by atoms with van der Waals surface area (Å²) >= 11 is 0. The van der Waals surface area contributed by atoms with E-state index in [2.05, 4.69) is 135 Å². The molecular formula is C42H44N2. The van der Waals surface area contributed by atoms with Crippen molar-refractivity contribution in [2.24, 2.45) is 0 Å². The summed E-state index contributed by atoms with van der Waals surface area (Å²) in [6.07, 6.45) is 9.44. The molecule has 2 aliphatic rings. The van der Waals surface area contributed by atoms with Gasteiger partial charge < -0.3 is 9.80 Å². The van der Waals surface area contributed by atoms with Gasteiger partial charge in [-0.25, -0.2) is 0 Å². The Morgan fingerprint density at radius 3 is 0.727 bits per heavy atom. The third-order valence-corrected chi connectivity index (χ3v) is 9.69. The number of benzene rings is 5.